The summed E-state index contributed by atoms with van der Waals surface area (Å²) in [6, 6.07) is 12.9. The number of hydrogen-bond donors (Lipinski definition) is 3. The Morgan fingerprint density at radius 2 is 1.50 bits per heavy atom. The molecule has 6 heteroatoms. The van der Waals surface area contributed by atoms with Gasteiger partial charge in [-0.3, -0.25) is 9.59 Å². The lowest BCUT2D eigenvalue weighted by molar-refractivity contribution is 0.0692. The van der Waals surface area contributed by atoms with Gasteiger partial charge in [0.05, 0.1) is 11.1 Å². The van der Waals surface area contributed by atoms with Crippen LogP contribution in [0.2, 0.25) is 0 Å². The van der Waals surface area contributed by atoms with Gasteiger partial charge in [0, 0.05) is 17.3 Å². The van der Waals surface area contributed by atoms with Gasteiger partial charge < -0.3 is 15.7 Å². The molecule has 2 aromatic carbocycles. The number of hydrogen-bond acceptors (Lipinski definition) is 3. The molecule has 1 aliphatic rings. The van der Waals surface area contributed by atoms with Crippen LogP contribution >= 0.6 is 0 Å². The number of nitrogens with one attached hydrogen (secondary N) is 2. The van der Waals surface area contributed by atoms with E-state index < -0.39 is 11.9 Å². The zero-order valence-electron chi connectivity index (χ0n) is 15.6. The van der Waals surface area contributed by atoms with Crippen molar-refractivity contribution in [2.45, 2.75) is 44.6 Å². The molecule has 1 aliphatic carbocycles. The molecule has 0 atom stereocenters. The molecule has 2 aromatic rings. The van der Waals surface area contributed by atoms with Gasteiger partial charge in [0.1, 0.15) is 0 Å². The second-order valence-electron chi connectivity index (χ2n) is 7.05. The highest BCUT2D eigenvalue weighted by Crippen LogP contribution is 2.19. The molecule has 0 unspecified atom stereocenters. The lowest BCUT2D eigenvalue weighted by atomic mass is 10.1. The third-order valence-electron chi connectivity index (χ3n) is 4.98. The molecule has 6 nitrogen and oxygen atoms in total. The summed E-state index contributed by atoms with van der Waals surface area (Å²) in [7, 11) is 0. The Balaban J connectivity index is 1.70. The average Bonchev–Trinajstić information content (AvgIpc) is 2.96. The summed E-state index contributed by atoms with van der Waals surface area (Å²) in [4.78, 5) is 36.4. The van der Waals surface area contributed by atoms with Gasteiger partial charge in [-0.2, -0.15) is 0 Å². The molecule has 2 amide bonds. The van der Waals surface area contributed by atoms with E-state index in [0.717, 1.165) is 25.7 Å². The number of carboxylic acids is 1. The number of amides is 2. The van der Waals surface area contributed by atoms with Crippen LogP contribution in [-0.2, 0) is 0 Å². The van der Waals surface area contributed by atoms with Gasteiger partial charge >= 0.3 is 5.97 Å². The molecule has 3 N–H and O–H groups in total. The molecule has 0 radical (unpaired) electrons. The zero-order chi connectivity index (χ0) is 19.9. The van der Waals surface area contributed by atoms with Crippen LogP contribution in [0, 0.1) is 0 Å². The maximum absolute atomic E-state index is 12.6. The van der Waals surface area contributed by atoms with Crippen LogP contribution in [0.1, 0.15) is 69.6 Å². The second kappa shape index (κ2) is 9.17. The first kappa shape index (κ1) is 19.6. The van der Waals surface area contributed by atoms with Crippen molar-refractivity contribution in [2.75, 3.05) is 5.32 Å². The number of anilines is 1. The number of carbonyl (C=O) groups is 3. The predicted octanol–water partition coefficient (Wildman–Crippen LogP) is 4.09. The number of rotatable bonds is 5. The van der Waals surface area contributed by atoms with Gasteiger partial charge in [-0.25, -0.2) is 4.79 Å². The van der Waals surface area contributed by atoms with Crippen LogP contribution in [-0.4, -0.2) is 28.9 Å². The standard InChI is InChI=1S/C22H24N2O4/c25-20(23-16-9-3-1-2-4-10-16)15-8-7-11-17(14-15)24-21(26)18-12-5-6-13-19(18)22(27)28/h5-8,11-14,16H,1-4,9-10H2,(H,23,25)(H,24,26)(H,27,28). The molecule has 1 saturated carbocycles. The first-order chi connectivity index (χ1) is 13.5. The summed E-state index contributed by atoms with van der Waals surface area (Å²) in [5, 5.41) is 15.0. The van der Waals surface area contributed by atoms with E-state index in [1.807, 2.05) is 0 Å². The van der Waals surface area contributed by atoms with Gasteiger partial charge in [-0.1, -0.05) is 43.9 Å². The predicted molar refractivity (Wildman–Crippen MR) is 107 cm³/mol. The zero-order valence-corrected chi connectivity index (χ0v) is 15.6. The highest BCUT2D eigenvalue weighted by Gasteiger charge is 2.18. The summed E-state index contributed by atoms with van der Waals surface area (Å²) in [6.07, 6.45) is 6.67. The summed E-state index contributed by atoms with van der Waals surface area (Å²) in [5.74, 6) is -1.85. The van der Waals surface area contributed by atoms with Crippen molar-refractivity contribution in [1.82, 2.24) is 5.32 Å². The van der Waals surface area contributed by atoms with E-state index in [1.54, 1.807) is 36.4 Å². The van der Waals surface area contributed by atoms with E-state index >= 15 is 0 Å². The SMILES string of the molecule is O=C(NC1CCCCCC1)c1cccc(NC(=O)c2ccccc2C(=O)O)c1. The minimum atomic E-state index is -1.16. The third kappa shape index (κ3) is 4.97. The van der Waals surface area contributed by atoms with Crippen molar-refractivity contribution < 1.29 is 19.5 Å². The van der Waals surface area contributed by atoms with Crippen molar-refractivity contribution in [3.8, 4) is 0 Å². The first-order valence-electron chi connectivity index (χ1n) is 9.59. The maximum atomic E-state index is 12.6. The van der Waals surface area contributed by atoms with Crippen LogP contribution < -0.4 is 10.6 Å². The Morgan fingerprint density at radius 1 is 0.821 bits per heavy atom. The van der Waals surface area contributed by atoms with Crippen LogP contribution in [0.15, 0.2) is 48.5 Å². The summed E-state index contributed by atoms with van der Waals surface area (Å²) in [6.45, 7) is 0. The Labute approximate surface area is 164 Å². The van der Waals surface area contributed by atoms with Crippen molar-refractivity contribution in [2.24, 2.45) is 0 Å². The minimum absolute atomic E-state index is 0.0674. The van der Waals surface area contributed by atoms with Crippen molar-refractivity contribution in [3.05, 3.63) is 65.2 Å². The Hall–Kier alpha value is -3.15. The third-order valence-corrected chi connectivity index (χ3v) is 4.98. The molecule has 28 heavy (non-hydrogen) atoms. The van der Waals surface area contributed by atoms with E-state index in [4.69, 9.17) is 0 Å². The summed E-state index contributed by atoms with van der Waals surface area (Å²) >= 11 is 0. The number of benzene rings is 2. The molecule has 146 valence electrons. The summed E-state index contributed by atoms with van der Waals surface area (Å²) < 4.78 is 0. The van der Waals surface area contributed by atoms with Gasteiger partial charge in [0.2, 0.25) is 0 Å². The fourth-order valence-corrected chi connectivity index (χ4v) is 3.50. The Morgan fingerprint density at radius 3 is 2.18 bits per heavy atom. The number of aromatic carboxylic acids is 1. The Bertz CT molecular complexity index is 870. The van der Waals surface area contributed by atoms with Gasteiger partial charge in [-0.15, -0.1) is 0 Å². The molecule has 1 fully saturated rings. The largest absolute Gasteiger partial charge is 0.478 e. The number of carbonyl (C=O) groups excluding carboxylic acids is 2. The van der Waals surface area contributed by atoms with Gasteiger partial charge in [0.15, 0.2) is 0 Å². The quantitative estimate of drug-likeness (QED) is 0.681. The van der Waals surface area contributed by atoms with E-state index in [2.05, 4.69) is 10.6 Å². The van der Waals surface area contributed by atoms with Crippen molar-refractivity contribution >= 4 is 23.5 Å². The lowest BCUT2D eigenvalue weighted by Crippen LogP contribution is -2.34. The first-order valence-corrected chi connectivity index (χ1v) is 9.59. The Kier molecular flexibility index (Phi) is 6.42. The van der Waals surface area contributed by atoms with Crippen molar-refractivity contribution in [1.29, 1.82) is 0 Å². The van der Waals surface area contributed by atoms with Crippen LogP contribution in [0.5, 0.6) is 0 Å². The van der Waals surface area contributed by atoms with Crippen molar-refractivity contribution in [3.63, 3.8) is 0 Å². The summed E-state index contributed by atoms with van der Waals surface area (Å²) in [5.41, 5.74) is 0.915. The maximum Gasteiger partial charge on any atom is 0.336 e. The molecule has 0 spiro atoms. The second-order valence-corrected chi connectivity index (χ2v) is 7.05. The minimum Gasteiger partial charge on any atom is -0.478 e. The highest BCUT2D eigenvalue weighted by atomic mass is 16.4. The van der Waals surface area contributed by atoms with E-state index in [-0.39, 0.29) is 23.1 Å². The molecular formula is C22H24N2O4. The molecule has 0 aliphatic heterocycles. The molecule has 3 rings (SSSR count). The lowest BCUT2D eigenvalue weighted by Gasteiger charge is -2.16. The molecule has 0 heterocycles. The monoisotopic (exact) mass is 380 g/mol. The van der Waals surface area contributed by atoms with E-state index in [0.29, 0.717) is 11.3 Å². The normalized spacial score (nSPS) is 14.7. The smallest absolute Gasteiger partial charge is 0.336 e. The topological polar surface area (TPSA) is 95.5 Å². The highest BCUT2D eigenvalue weighted by molar-refractivity contribution is 6.11. The van der Waals surface area contributed by atoms with E-state index in [1.165, 1.54) is 25.0 Å². The fraction of sp³-hybridized carbons (Fsp3) is 0.318. The van der Waals surface area contributed by atoms with Gasteiger partial charge in [0.25, 0.3) is 11.8 Å². The van der Waals surface area contributed by atoms with Crippen LogP contribution in [0.3, 0.4) is 0 Å². The number of carboxylic acid groups (broad SMARTS) is 1. The molecule has 0 bridgehead atoms. The van der Waals surface area contributed by atoms with Crippen LogP contribution in [0.4, 0.5) is 5.69 Å². The average molecular weight is 380 g/mol. The van der Waals surface area contributed by atoms with E-state index in [9.17, 15) is 19.5 Å². The fourth-order valence-electron chi connectivity index (χ4n) is 3.50. The molecule has 0 saturated heterocycles. The van der Waals surface area contributed by atoms with Crippen LogP contribution in [0.25, 0.3) is 0 Å². The molecular weight excluding hydrogens is 356 g/mol. The molecule has 0 aromatic heterocycles. The van der Waals surface area contributed by atoms with Gasteiger partial charge in [-0.05, 0) is 43.2 Å².